The van der Waals surface area contributed by atoms with Gasteiger partial charge < -0.3 is 15.4 Å². The number of non-ortho nitro benzene ring substituents is 1. The van der Waals surface area contributed by atoms with Gasteiger partial charge in [-0.05, 0) is 12.1 Å². The van der Waals surface area contributed by atoms with Crippen molar-refractivity contribution in [2.24, 2.45) is 0 Å². The fourth-order valence-corrected chi connectivity index (χ4v) is 2.03. The summed E-state index contributed by atoms with van der Waals surface area (Å²) >= 11 is 0. The molecule has 0 aromatic heterocycles. The van der Waals surface area contributed by atoms with Crippen LogP contribution in [-0.2, 0) is 4.74 Å². The number of nitro groups is 1. The molecule has 0 saturated carbocycles. The Labute approximate surface area is 110 Å². The van der Waals surface area contributed by atoms with E-state index in [1.165, 1.54) is 24.3 Å². The number of carbonyl (C=O) groups excluding carboxylic acids is 1. The first-order chi connectivity index (χ1) is 9.11. The smallest absolute Gasteiger partial charge is 0.269 e. The molecular weight excluding hydrogens is 250 g/mol. The molecule has 1 unspecified atom stereocenters. The van der Waals surface area contributed by atoms with Crippen LogP contribution in [0.25, 0.3) is 0 Å². The predicted molar refractivity (Wildman–Crippen MR) is 68.0 cm³/mol. The van der Waals surface area contributed by atoms with Gasteiger partial charge in [-0.2, -0.15) is 0 Å². The molecule has 19 heavy (non-hydrogen) atoms. The van der Waals surface area contributed by atoms with E-state index in [4.69, 9.17) is 4.74 Å². The number of carbonyl (C=O) groups is 1. The minimum Gasteiger partial charge on any atom is -0.378 e. The summed E-state index contributed by atoms with van der Waals surface area (Å²) in [5.41, 5.74) is 0.362. The molecular formula is C12H15N3O4. The Bertz CT molecular complexity index is 474. The van der Waals surface area contributed by atoms with E-state index < -0.39 is 4.92 Å². The third-order valence-electron chi connectivity index (χ3n) is 3.12. The Morgan fingerprint density at radius 3 is 2.68 bits per heavy atom. The van der Waals surface area contributed by atoms with E-state index in [9.17, 15) is 14.9 Å². The average molecular weight is 265 g/mol. The van der Waals surface area contributed by atoms with E-state index in [-0.39, 0.29) is 23.7 Å². The largest absolute Gasteiger partial charge is 0.378 e. The highest BCUT2D eigenvalue weighted by Gasteiger charge is 2.28. The van der Waals surface area contributed by atoms with Crippen molar-refractivity contribution >= 4 is 11.6 Å². The summed E-state index contributed by atoms with van der Waals surface area (Å²) in [7, 11) is 1.60. The fourth-order valence-electron chi connectivity index (χ4n) is 2.03. The van der Waals surface area contributed by atoms with Crippen LogP contribution in [0.2, 0.25) is 0 Å². The monoisotopic (exact) mass is 265 g/mol. The number of nitrogens with one attached hydrogen (secondary N) is 2. The predicted octanol–water partition coefficient (Wildman–Crippen LogP) is 0.311. The van der Waals surface area contributed by atoms with Crippen LogP contribution < -0.4 is 10.6 Å². The number of rotatable bonds is 4. The van der Waals surface area contributed by atoms with E-state index >= 15 is 0 Å². The van der Waals surface area contributed by atoms with Gasteiger partial charge in [-0.15, -0.1) is 0 Å². The molecule has 0 bridgehead atoms. The second kappa shape index (κ2) is 5.77. The van der Waals surface area contributed by atoms with E-state index in [0.717, 1.165) is 0 Å². The standard InChI is InChI=1S/C12H15N3O4/c1-19-11-7-13-6-10(11)14-12(16)8-2-4-9(5-3-8)15(17)18/h2-5,10-11,13H,6-7H2,1H3,(H,14,16)/t10?,11-/m0/s1. The molecule has 7 heteroatoms. The number of hydrogen-bond donors (Lipinski definition) is 2. The number of methoxy groups -OCH3 is 1. The number of nitrogens with zero attached hydrogens (tertiary/aromatic N) is 1. The van der Waals surface area contributed by atoms with Crippen molar-refractivity contribution < 1.29 is 14.5 Å². The van der Waals surface area contributed by atoms with E-state index in [2.05, 4.69) is 10.6 Å². The lowest BCUT2D eigenvalue weighted by atomic mass is 10.1. The maximum absolute atomic E-state index is 12.0. The molecule has 1 fully saturated rings. The molecule has 1 aliphatic rings. The molecule has 2 rings (SSSR count). The quantitative estimate of drug-likeness (QED) is 0.603. The molecule has 2 atom stereocenters. The van der Waals surface area contributed by atoms with Gasteiger partial charge >= 0.3 is 0 Å². The normalized spacial score (nSPS) is 22.2. The third kappa shape index (κ3) is 3.07. The van der Waals surface area contributed by atoms with Crippen LogP contribution in [-0.4, -0.2) is 43.2 Å². The second-order valence-corrected chi connectivity index (χ2v) is 4.32. The molecule has 1 aromatic rings. The highest BCUT2D eigenvalue weighted by molar-refractivity contribution is 5.94. The number of ether oxygens (including phenoxy) is 1. The summed E-state index contributed by atoms with van der Waals surface area (Å²) in [6.07, 6.45) is -0.0537. The Hall–Kier alpha value is -1.99. The van der Waals surface area contributed by atoms with Crippen LogP contribution in [0.1, 0.15) is 10.4 Å². The molecule has 7 nitrogen and oxygen atoms in total. The maximum Gasteiger partial charge on any atom is 0.269 e. The van der Waals surface area contributed by atoms with Crippen molar-refractivity contribution in [3.05, 3.63) is 39.9 Å². The molecule has 102 valence electrons. The Balaban J connectivity index is 2.01. The summed E-state index contributed by atoms with van der Waals surface area (Å²) < 4.78 is 5.24. The summed E-state index contributed by atoms with van der Waals surface area (Å²) in [6, 6.07) is 5.42. The van der Waals surface area contributed by atoms with E-state index in [1.807, 2.05) is 0 Å². The number of amides is 1. The summed E-state index contributed by atoms with van der Waals surface area (Å²) in [4.78, 5) is 22.0. The van der Waals surface area contributed by atoms with Gasteiger partial charge in [-0.25, -0.2) is 0 Å². The zero-order valence-corrected chi connectivity index (χ0v) is 10.5. The van der Waals surface area contributed by atoms with Crippen molar-refractivity contribution in [2.45, 2.75) is 12.1 Å². The van der Waals surface area contributed by atoms with Gasteiger partial charge in [0.1, 0.15) is 0 Å². The highest BCUT2D eigenvalue weighted by Crippen LogP contribution is 2.12. The highest BCUT2D eigenvalue weighted by atomic mass is 16.6. The average Bonchev–Trinajstić information content (AvgIpc) is 2.86. The topological polar surface area (TPSA) is 93.5 Å². The van der Waals surface area contributed by atoms with Crippen LogP contribution in [0.15, 0.2) is 24.3 Å². The van der Waals surface area contributed by atoms with Crippen molar-refractivity contribution in [3.8, 4) is 0 Å². The molecule has 0 spiro atoms. The first kappa shape index (κ1) is 13.4. The molecule has 2 N–H and O–H groups in total. The summed E-state index contributed by atoms with van der Waals surface area (Å²) in [6.45, 7) is 1.35. The summed E-state index contributed by atoms with van der Waals surface area (Å²) in [5, 5.41) is 16.5. The first-order valence-electron chi connectivity index (χ1n) is 5.90. The van der Waals surface area contributed by atoms with Gasteiger partial charge in [0.2, 0.25) is 0 Å². The van der Waals surface area contributed by atoms with Crippen LogP contribution in [0.5, 0.6) is 0 Å². The van der Waals surface area contributed by atoms with Crippen LogP contribution in [0, 0.1) is 10.1 Å². The zero-order valence-electron chi connectivity index (χ0n) is 10.5. The molecule has 1 amide bonds. The minimum absolute atomic E-state index is 0.0335. The van der Waals surface area contributed by atoms with Crippen molar-refractivity contribution in [3.63, 3.8) is 0 Å². The minimum atomic E-state index is -0.496. The molecule has 1 aliphatic heterocycles. The van der Waals surface area contributed by atoms with E-state index in [1.54, 1.807) is 7.11 Å². The van der Waals surface area contributed by atoms with Crippen molar-refractivity contribution in [1.29, 1.82) is 0 Å². The number of benzene rings is 1. The Kier molecular flexibility index (Phi) is 4.08. The molecule has 0 aliphatic carbocycles. The summed E-state index contributed by atoms with van der Waals surface area (Å²) in [5.74, 6) is -0.259. The van der Waals surface area contributed by atoms with E-state index in [0.29, 0.717) is 18.7 Å². The van der Waals surface area contributed by atoms with Gasteiger partial charge in [0.25, 0.3) is 11.6 Å². The zero-order chi connectivity index (χ0) is 13.8. The van der Waals surface area contributed by atoms with Gasteiger partial charge in [0.05, 0.1) is 17.1 Å². The van der Waals surface area contributed by atoms with Crippen LogP contribution in [0.4, 0.5) is 5.69 Å². The fraction of sp³-hybridized carbons (Fsp3) is 0.417. The number of nitro benzene ring substituents is 1. The lowest BCUT2D eigenvalue weighted by Crippen LogP contribution is -2.43. The molecule has 1 aromatic carbocycles. The molecule has 1 saturated heterocycles. The van der Waals surface area contributed by atoms with Crippen LogP contribution in [0.3, 0.4) is 0 Å². The Morgan fingerprint density at radius 2 is 2.11 bits per heavy atom. The Morgan fingerprint density at radius 1 is 1.42 bits per heavy atom. The van der Waals surface area contributed by atoms with Crippen LogP contribution >= 0.6 is 0 Å². The van der Waals surface area contributed by atoms with Gasteiger partial charge in [0, 0.05) is 37.9 Å². The number of hydrogen-bond acceptors (Lipinski definition) is 5. The van der Waals surface area contributed by atoms with Crippen molar-refractivity contribution in [1.82, 2.24) is 10.6 Å². The molecule has 1 heterocycles. The lowest BCUT2D eigenvalue weighted by molar-refractivity contribution is -0.384. The third-order valence-corrected chi connectivity index (χ3v) is 3.12. The SMILES string of the molecule is CO[C@H]1CNCC1NC(=O)c1ccc([N+](=O)[O-])cc1. The molecule has 0 radical (unpaired) electrons. The maximum atomic E-state index is 12.0. The first-order valence-corrected chi connectivity index (χ1v) is 5.90. The van der Waals surface area contributed by atoms with Gasteiger partial charge in [-0.3, -0.25) is 14.9 Å². The lowest BCUT2D eigenvalue weighted by Gasteiger charge is -2.18. The van der Waals surface area contributed by atoms with Gasteiger partial charge in [-0.1, -0.05) is 0 Å². The van der Waals surface area contributed by atoms with Gasteiger partial charge in [0.15, 0.2) is 0 Å². The van der Waals surface area contributed by atoms with Crippen molar-refractivity contribution in [2.75, 3.05) is 20.2 Å². The second-order valence-electron chi connectivity index (χ2n) is 4.32.